The summed E-state index contributed by atoms with van der Waals surface area (Å²) in [5.74, 6) is 0.150. The fraction of sp³-hybridized carbons (Fsp3) is 0.400. The van der Waals surface area contributed by atoms with Crippen LogP contribution in [-0.2, 0) is 6.54 Å². The van der Waals surface area contributed by atoms with Gasteiger partial charge in [-0.1, -0.05) is 30.3 Å². The molecule has 0 bridgehead atoms. The van der Waals surface area contributed by atoms with Gasteiger partial charge in [0.25, 0.3) is 5.91 Å². The van der Waals surface area contributed by atoms with Crippen LogP contribution in [0.4, 0.5) is 0 Å². The Bertz CT molecular complexity index is 915. The van der Waals surface area contributed by atoms with Crippen molar-refractivity contribution in [1.29, 1.82) is 0 Å². The molecule has 1 atom stereocenters. The Balaban J connectivity index is 1.61. The van der Waals surface area contributed by atoms with Crippen molar-refractivity contribution in [3.63, 3.8) is 0 Å². The number of nitrogens with one attached hydrogen (secondary N) is 1. The Morgan fingerprint density at radius 2 is 2.15 bits per heavy atom. The minimum Gasteiger partial charge on any atom is -0.336 e. The van der Waals surface area contributed by atoms with E-state index in [0.717, 1.165) is 53.3 Å². The summed E-state index contributed by atoms with van der Waals surface area (Å²) in [6.45, 7) is 4.38. The fourth-order valence-corrected chi connectivity index (χ4v) is 4.76. The molecule has 0 radical (unpaired) electrons. The molecule has 0 saturated carbocycles. The molecule has 1 aliphatic rings. The van der Waals surface area contributed by atoms with Crippen LogP contribution in [0.1, 0.15) is 33.8 Å². The van der Waals surface area contributed by atoms with Crippen molar-refractivity contribution in [3.05, 3.63) is 52.5 Å². The molecule has 4 rings (SSSR count). The van der Waals surface area contributed by atoms with Crippen molar-refractivity contribution in [2.45, 2.75) is 32.4 Å². The number of carbonyl (C=O) groups is 1. The second-order valence-corrected chi connectivity index (χ2v) is 7.97. The van der Waals surface area contributed by atoms with Gasteiger partial charge in [-0.25, -0.2) is 0 Å². The summed E-state index contributed by atoms with van der Waals surface area (Å²) in [6, 6.07) is 12.7. The van der Waals surface area contributed by atoms with Gasteiger partial charge >= 0.3 is 0 Å². The predicted octanol–water partition coefficient (Wildman–Crippen LogP) is 3.28. The molecule has 0 spiro atoms. The van der Waals surface area contributed by atoms with E-state index in [9.17, 15) is 4.79 Å². The molecule has 1 aliphatic heterocycles. The molecular formula is C20H24N4OS. The van der Waals surface area contributed by atoms with Crippen molar-refractivity contribution in [2.24, 2.45) is 0 Å². The first kappa shape index (κ1) is 17.2. The van der Waals surface area contributed by atoms with Gasteiger partial charge in [0.15, 0.2) is 0 Å². The molecule has 3 heterocycles. The zero-order valence-electron chi connectivity index (χ0n) is 15.2. The van der Waals surface area contributed by atoms with Gasteiger partial charge in [0.05, 0.1) is 17.1 Å². The lowest BCUT2D eigenvalue weighted by molar-refractivity contribution is 0.0703. The maximum absolute atomic E-state index is 13.0. The van der Waals surface area contributed by atoms with Crippen LogP contribution in [0.5, 0.6) is 0 Å². The topological polar surface area (TPSA) is 50.2 Å². The third-order valence-corrected chi connectivity index (χ3v) is 6.25. The number of aromatic nitrogens is 2. The van der Waals surface area contributed by atoms with E-state index in [1.807, 2.05) is 47.8 Å². The van der Waals surface area contributed by atoms with Gasteiger partial charge in [-0.2, -0.15) is 5.10 Å². The Morgan fingerprint density at radius 3 is 2.92 bits per heavy atom. The molecule has 1 amide bonds. The van der Waals surface area contributed by atoms with Crippen LogP contribution < -0.4 is 5.32 Å². The zero-order chi connectivity index (χ0) is 18.1. The SMILES string of the molecule is CNC1CCCN(C(=O)c2cc3c(C)nn(Cc4ccccc4)c3s2)C1. The molecule has 0 aliphatic carbocycles. The third kappa shape index (κ3) is 3.27. The second-order valence-electron chi connectivity index (χ2n) is 6.94. The smallest absolute Gasteiger partial charge is 0.264 e. The predicted molar refractivity (Wildman–Crippen MR) is 106 cm³/mol. The molecule has 3 aromatic rings. The summed E-state index contributed by atoms with van der Waals surface area (Å²) in [6.07, 6.45) is 2.20. The quantitative estimate of drug-likeness (QED) is 0.769. The van der Waals surface area contributed by atoms with Crippen LogP contribution in [0, 0.1) is 6.92 Å². The number of fused-ring (bicyclic) bond motifs is 1. The van der Waals surface area contributed by atoms with E-state index >= 15 is 0 Å². The summed E-state index contributed by atoms with van der Waals surface area (Å²) in [4.78, 5) is 16.9. The number of aryl methyl sites for hydroxylation is 1. The number of hydrogen-bond donors (Lipinski definition) is 1. The summed E-state index contributed by atoms with van der Waals surface area (Å²) in [5.41, 5.74) is 2.20. The van der Waals surface area contributed by atoms with Crippen molar-refractivity contribution in [1.82, 2.24) is 20.0 Å². The van der Waals surface area contributed by atoms with Gasteiger partial charge in [0, 0.05) is 24.5 Å². The Labute approximate surface area is 157 Å². The Hall–Kier alpha value is -2.18. The number of likely N-dealkylation sites (N-methyl/N-ethyl adjacent to an activating group) is 1. The molecule has 136 valence electrons. The molecule has 1 fully saturated rings. The third-order valence-electron chi connectivity index (χ3n) is 5.11. The molecule has 2 aromatic heterocycles. The summed E-state index contributed by atoms with van der Waals surface area (Å²) < 4.78 is 2.02. The van der Waals surface area contributed by atoms with Gasteiger partial charge in [-0.05, 0) is 38.4 Å². The number of rotatable bonds is 4. The molecule has 26 heavy (non-hydrogen) atoms. The molecular weight excluding hydrogens is 344 g/mol. The Morgan fingerprint density at radius 1 is 1.35 bits per heavy atom. The average molecular weight is 369 g/mol. The first-order valence-electron chi connectivity index (χ1n) is 9.13. The molecule has 1 saturated heterocycles. The number of amides is 1. The highest BCUT2D eigenvalue weighted by molar-refractivity contribution is 7.20. The summed E-state index contributed by atoms with van der Waals surface area (Å²) in [7, 11) is 1.97. The number of piperidine rings is 1. The lowest BCUT2D eigenvalue weighted by Crippen LogP contribution is -2.46. The number of hydrogen-bond acceptors (Lipinski definition) is 4. The number of benzene rings is 1. The molecule has 5 nitrogen and oxygen atoms in total. The zero-order valence-corrected chi connectivity index (χ0v) is 16.1. The van der Waals surface area contributed by atoms with Gasteiger partial charge in [-0.3, -0.25) is 9.48 Å². The van der Waals surface area contributed by atoms with E-state index in [1.165, 1.54) is 5.56 Å². The van der Waals surface area contributed by atoms with Gasteiger partial charge in [0.1, 0.15) is 4.83 Å². The first-order chi connectivity index (χ1) is 12.7. The summed E-state index contributed by atoms with van der Waals surface area (Å²) >= 11 is 1.56. The maximum Gasteiger partial charge on any atom is 0.264 e. The van der Waals surface area contributed by atoms with Gasteiger partial charge < -0.3 is 10.2 Å². The van der Waals surface area contributed by atoms with Crippen molar-refractivity contribution in [3.8, 4) is 0 Å². The van der Waals surface area contributed by atoms with Crippen LogP contribution in [0.15, 0.2) is 36.4 Å². The highest BCUT2D eigenvalue weighted by atomic mass is 32.1. The van der Waals surface area contributed by atoms with Crippen LogP contribution in [-0.4, -0.2) is 46.8 Å². The van der Waals surface area contributed by atoms with Crippen molar-refractivity contribution < 1.29 is 4.79 Å². The van der Waals surface area contributed by atoms with Crippen LogP contribution in [0.2, 0.25) is 0 Å². The largest absolute Gasteiger partial charge is 0.336 e. The minimum absolute atomic E-state index is 0.150. The summed E-state index contributed by atoms with van der Waals surface area (Å²) in [5, 5.41) is 9.07. The number of nitrogens with zero attached hydrogens (tertiary/aromatic N) is 3. The van der Waals surface area contributed by atoms with E-state index in [-0.39, 0.29) is 5.91 Å². The van der Waals surface area contributed by atoms with Gasteiger partial charge in [0.2, 0.25) is 0 Å². The minimum atomic E-state index is 0.150. The van der Waals surface area contributed by atoms with E-state index in [2.05, 4.69) is 22.5 Å². The molecule has 1 unspecified atom stereocenters. The van der Waals surface area contributed by atoms with E-state index in [4.69, 9.17) is 0 Å². The van der Waals surface area contributed by atoms with E-state index in [1.54, 1.807) is 11.3 Å². The van der Waals surface area contributed by atoms with Crippen molar-refractivity contribution in [2.75, 3.05) is 20.1 Å². The van der Waals surface area contributed by atoms with Crippen molar-refractivity contribution >= 4 is 27.5 Å². The molecule has 1 aromatic carbocycles. The fourth-order valence-electron chi connectivity index (χ4n) is 3.63. The van der Waals surface area contributed by atoms with E-state index in [0.29, 0.717) is 6.04 Å². The second kappa shape index (κ2) is 7.21. The van der Waals surface area contributed by atoms with E-state index < -0.39 is 0 Å². The first-order valence-corrected chi connectivity index (χ1v) is 9.95. The number of likely N-dealkylation sites (tertiary alicyclic amines) is 1. The van der Waals surface area contributed by atoms with Crippen LogP contribution >= 0.6 is 11.3 Å². The Kier molecular flexibility index (Phi) is 4.78. The average Bonchev–Trinajstić information content (AvgIpc) is 3.23. The number of carbonyl (C=O) groups excluding carboxylic acids is 1. The standard InChI is InChI=1S/C20H24N4OS/c1-14-17-11-18(19(25)23-10-6-9-16(13-23)21-2)26-20(17)24(22-14)12-15-7-4-3-5-8-15/h3-5,7-8,11,16,21H,6,9-10,12-13H2,1-2H3. The maximum atomic E-state index is 13.0. The molecule has 1 N–H and O–H groups in total. The van der Waals surface area contributed by atoms with Gasteiger partial charge in [-0.15, -0.1) is 11.3 Å². The monoisotopic (exact) mass is 368 g/mol. The highest BCUT2D eigenvalue weighted by Crippen LogP contribution is 2.30. The highest BCUT2D eigenvalue weighted by Gasteiger charge is 2.25. The molecule has 6 heteroatoms. The lowest BCUT2D eigenvalue weighted by Gasteiger charge is -2.32. The lowest BCUT2D eigenvalue weighted by atomic mass is 10.1. The number of thiophene rings is 1. The van der Waals surface area contributed by atoms with Crippen LogP contribution in [0.25, 0.3) is 10.2 Å². The normalized spacial score (nSPS) is 17.8. The van der Waals surface area contributed by atoms with Crippen LogP contribution in [0.3, 0.4) is 0 Å².